The molecule has 2 aliphatic heterocycles. The van der Waals surface area contributed by atoms with Crippen molar-refractivity contribution in [3.8, 4) is 5.75 Å². The molecule has 2 heterocycles. The molecule has 0 saturated carbocycles. The number of carbonyl (C=O) groups excluding carboxylic acids is 3. The van der Waals surface area contributed by atoms with Crippen LogP contribution in [0.5, 0.6) is 5.75 Å². The molecule has 2 aromatic rings. The fraction of sp³-hybridized carbons (Fsp3) is 0.280. The molecule has 2 aliphatic rings. The third-order valence-corrected chi connectivity index (χ3v) is 6.38. The Morgan fingerprint density at radius 3 is 2.41 bits per heavy atom. The predicted molar refractivity (Wildman–Crippen MR) is 141 cm³/mol. The van der Waals surface area contributed by atoms with Crippen LogP contribution in [0.2, 0.25) is 0 Å². The van der Waals surface area contributed by atoms with E-state index in [-0.39, 0.29) is 22.3 Å². The van der Waals surface area contributed by atoms with Gasteiger partial charge in [-0.1, -0.05) is 0 Å². The predicted octanol–water partition coefficient (Wildman–Crippen LogP) is 2.49. The molecule has 0 aromatic heterocycles. The first-order valence-electron chi connectivity index (χ1n) is 11.6. The van der Waals surface area contributed by atoms with Crippen LogP contribution in [0.3, 0.4) is 0 Å². The highest BCUT2D eigenvalue weighted by atomic mass is 32.1. The summed E-state index contributed by atoms with van der Waals surface area (Å²) in [5.74, 6) is -0.763. The van der Waals surface area contributed by atoms with E-state index in [0.717, 1.165) is 0 Å². The van der Waals surface area contributed by atoms with Gasteiger partial charge in [0.15, 0.2) is 5.11 Å². The third kappa shape index (κ3) is 5.43. The van der Waals surface area contributed by atoms with Gasteiger partial charge < -0.3 is 14.5 Å². The van der Waals surface area contributed by atoms with E-state index in [4.69, 9.17) is 17.0 Å². The van der Waals surface area contributed by atoms with Crippen molar-refractivity contribution in [2.24, 2.45) is 0 Å². The van der Waals surface area contributed by atoms with E-state index in [1.807, 2.05) is 11.8 Å². The van der Waals surface area contributed by atoms with Gasteiger partial charge in [-0.05, 0) is 55.5 Å². The molecule has 12 heteroatoms. The lowest BCUT2D eigenvalue weighted by Crippen LogP contribution is -2.54. The van der Waals surface area contributed by atoms with Crippen LogP contribution in [-0.2, 0) is 14.4 Å². The number of benzene rings is 2. The molecule has 192 valence electrons. The summed E-state index contributed by atoms with van der Waals surface area (Å²) in [6, 6.07) is 11.0. The second-order valence-corrected chi connectivity index (χ2v) is 8.76. The van der Waals surface area contributed by atoms with Gasteiger partial charge in [-0.3, -0.25) is 34.7 Å². The van der Waals surface area contributed by atoms with E-state index >= 15 is 0 Å². The summed E-state index contributed by atoms with van der Waals surface area (Å²) in [4.78, 5) is 53.8. The molecule has 0 spiro atoms. The maximum absolute atomic E-state index is 13.5. The minimum absolute atomic E-state index is 0.0273. The molecule has 0 aliphatic carbocycles. The number of thiocarbonyl (C=S) groups is 1. The summed E-state index contributed by atoms with van der Waals surface area (Å²) in [6.45, 7) is 5.81. The average molecular weight is 524 g/mol. The Morgan fingerprint density at radius 2 is 1.81 bits per heavy atom. The van der Waals surface area contributed by atoms with Crippen LogP contribution in [-0.4, -0.2) is 65.4 Å². The van der Waals surface area contributed by atoms with Crippen molar-refractivity contribution in [1.82, 2.24) is 10.2 Å². The molecular formula is C25H25N5O6S. The monoisotopic (exact) mass is 523 g/mol. The van der Waals surface area contributed by atoms with Gasteiger partial charge in [-0.25, -0.2) is 0 Å². The molecule has 4 rings (SSSR count). The lowest BCUT2D eigenvalue weighted by atomic mass is 10.0. The van der Waals surface area contributed by atoms with E-state index in [9.17, 15) is 24.5 Å². The Balaban J connectivity index is 1.71. The first kappa shape index (κ1) is 25.8. The van der Waals surface area contributed by atoms with Gasteiger partial charge in [0, 0.05) is 56.5 Å². The van der Waals surface area contributed by atoms with Crippen molar-refractivity contribution in [3.05, 3.63) is 63.7 Å². The molecule has 3 amide bonds. The number of nitro benzene ring substituents is 1. The largest absolute Gasteiger partial charge is 0.494 e. The number of anilines is 2. The SMILES string of the molecule is CCOc1ccc(N2C(=O)/C(=C\c3cc([N+](=O)[O-])ccc3N3CCN(C(C)=O)CC3)C(=O)NC2=S)cc1. The lowest BCUT2D eigenvalue weighted by Gasteiger charge is -2.36. The molecule has 11 nitrogen and oxygen atoms in total. The highest BCUT2D eigenvalue weighted by Crippen LogP contribution is 2.30. The Labute approximate surface area is 218 Å². The van der Waals surface area contributed by atoms with E-state index in [1.165, 1.54) is 30.0 Å². The number of carbonyl (C=O) groups is 3. The fourth-order valence-corrected chi connectivity index (χ4v) is 4.51. The van der Waals surface area contributed by atoms with Gasteiger partial charge >= 0.3 is 0 Å². The number of piperazine rings is 1. The summed E-state index contributed by atoms with van der Waals surface area (Å²) < 4.78 is 5.44. The fourth-order valence-electron chi connectivity index (χ4n) is 4.23. The Hall–Kier alpha value is -4.32. The highest BCUT2D eigenvalue weighted by molar-refractivity contribution is 7.80. The van der Waals surface area contributed by atoms with Gasteiger partial charge in [-0.15, -0.1) is 0 Å². The van der Waals surface area contributed by atoms with Crippen LogP contribution in [0.15, 0.2) is 48.0 Å². The van der Waals surface area contributed by atoms with Crippen LogP contribution in [0.1, 0.15) is 19.4 Å². The van der Waals surface area contributed by atoms with Crippen LogP contribution < -0.4 is 19.9 Å². The molecule has 0 atom stereocenters. The van der Waals surface area contributed by atoms with Gasteiger partial charge in [0.2, 0.25) is 5.91 Å². The number of nitro groups is 1. The van der Waals surface area contributed by atoms with E-state index in [0.29, 0.717) is 55.5 Å². The van der Waals surface area contributed by atoms with Crippen LogP contribution in [0, 0.1) is 10.1 Å². The molecule has 2 fully saturated rings. The number of ether oxygens (including phenoxy) is 1. The normalized spacial score (nSPS) is 17.2. The van der Waals surface area contributed by atoms with Crippen molar-refractivity contribution >= 4 is 58.2 Å². The molecule has 2 aromatic carbocycles. The summed E-state index contributed by atoms with van der Waals surface area (Å²) >= 11 is 5.27. The maximum Gasteiger partial charge on any atom is 0.270 e. The van der Waals surface area contributed by atoms with Crippen molar-refractivity contribution in [1.29, 1.82) is 0 Å². The first-order valence-corrected chi connectivity index (χ1v) is 12.0. The van der Waals surface area contributed by atoms with Gasteiger partial charge in [0.1, 0.15) is 11.3 Å². The number of nitrogens with zero attached hydrogens (tertiary/aromatic N) is 4. The minimum atomic E-state index is -0.698. The van der Waals surface area contributed by atoms with Gasteiger partial charge in [0.05, 0.1) is 17.2 Å². The Bertz CT molecular complexity index is 1300. The number of non-ortho nitro benzene ring substituents is 1. The standard InChI is InChI=1S/C25H25N5O6S/c1-3-36-20-7-4-18(5-8-20)29-24(33)21(23(32)26-25(29)37)15-17-14-19(30(34)35)6-9-22(17)28-12-10-27(11-13-28)16(2)31/h4-9,14-15H,3,10-13H2,1-2H3,(H,26,32,37)/b21-15-. The number of hydrogen-bond donors (Lipinski definition) is 1. The van der Waals surface area contributed by atoms with Crippen LogP contribution in [0.25, 0.3) is 6.08 Å². The van der Waals surface area contributed by atoms with E-state index < -0.39 is 16.7 Å². The molecule has 0 bridgehead atoms. The van der Waals surface area contributed by atoms with Crippen LogP contribution >= 0.6 is 12.2 Å². The number of rotatable bonds is 6. The van der Waals surface area contributed by atoms with Gasteiger partial charge in [0.25, 0.3) is 17.5 Å². The summed E-state index contributed by atoms with van der Waals surface area (Å²) in [5.41, 5.74) is 0.988. The zero-order chi connectivity index (χ0) is 26.7. The van der Waals surface area contributed by atoms with E-state index in [2.05, 4.69) is 5.32 Å². The molecule has 2 saturated heterocycles. The number of nitrogens with one attached hydrogen (secondary N) is 1. The van der Waals surface area contributed by atoms with Crippen LogP contribution in [0.4, 0.5) is 17.1 Å². The second-order valence-electron chi connectivity index (χ2n) is 8.38. The lowest BCUT2D eigenvalue weighted by molar-refractivity contribution is -0.384. The molecule has 37 heavy (non-hydrogen) atoms. The van der Waals surface area contributed by atoms with Crippen molar-refractivity contribution in [2.75, 3.05) is 42.6 Å². The Morgan fingerprint density at radius 1 is 1.14 bits per heavy atom. The summed E-state index contributed by atoms with van der Waals surface area (Å²) in [7, 11) is 0. The average Bonchev–Trinajstić information content (AvgIpc) is 2.87. The van der Waals surface area contributed by atoms with Crippen molar-refractivity contribution < 1.29 is 24.0 Å². The van der Waals surface area contributed by atoms with E-state index in [1.54, 1.807) is 35.2 Å². The molecular weight excluding hydrogens is 498 g/mol. The smallest absolute Gasteiger partial charge is 0.270 e. The van der Waals surface area contributed by atoms with Crippen molar-refractivity contribution in [2.45, 2.75) is 13.8 Å². The maximum atomic E-state index is 13.5. The van der Waals surface area contributed by atoms with Crippen molar-refractivity contribution in [3.63, 3.8) is 0 Å². The summed E-state index contributed by atoms with van der Waals surface area (Å²) in [6.07, 6.45) is 1.35. The van der Waals surface area contributed by atoms with Gasteiger partial charge in [-0.2, -0.15) is 0 Å². The topological polar surface area (TPSA) is 125 Å². The first-order chi connectivity index (χ1) is 17.7. The third-order valence-electron chi connectivity index (χ3n) is 6.10. The number of amides is 3. The molecule has 0 radical (unpaired) electrons. The zero-order valence-electron chi connectivity index (χ0n) is 20.3. The molecule has 0 unspecified atom stereocenters. The molecule has 1 N–H and O–H groups in total. The highest BCUT2D eigenvalue weighted by Gasteiger charge is 2.35. The number of hydrogen-bond acceptors (Lipinski definition) is 8. The summed E-state index contributed by atoms with van der Waals surface area (Å²) in [5, 5.41) is 13.9. The zero-order valence-corrected chi connectivity index (χ0v) is 21.1. The quantitative estimate of drug-likeness (QED) is 0.201. The second kappa shape index (κ2) is 10.7. The minimum Gasteiger partial charge on any atom is -0.494 e. The Kier molecular flexibility index (Phi) is 7.48.